The summed E-state index contributed by atoms with van der Waals surface area (Å²) >= 11 is 6.48. The highest BCUT2D eigenvalue weighted by molar-refractivity contribution is 6.49. The Hall–Kier alpha value is -0.950. The topological polar surface area (TPSA) is 9.23 Å². The molecule has 2 rings (SSSR count). The van der Waals surface area contributed by atoms with Crippen molar-refractivity contribution in [2.75, 3.05) is 0 Å². The summed E-state index contributed by atoms with van der Waals surface area (Å²) in [4.78, 5) is 0. The van der Waals surface area contributed by atoms with E-state index in [2.05, 4.69) is 33.8 Å². The van der Waals surface area contributed by atoms with Crippen LogP contribution in [0, 0.1) is 11.8 Å². The second kappa shape index (κ2) is 5.58. The van der Waals surface area contributed by atoms with Crippen molar-refractivity contribution >= 4 is 16.6 Å². The summed E-state index contributed by atoms with van der Waals surface area (Å²) in [5.41, 5.74) is 0.751. The van der Waals surface area contributed by atoms with Crippen molar-refractivity contribution in [2.24, 2.45) is 11.8 Å². The fraction of sp³-hybridized carbons (Fsp3) is 0.529. The zero-order chi connectivity index (χ0) is 14.0. The minimum atomic E-state index is -0.256. The summed E-state index contributed by atoms with van der Waals surface area (Å²) in [5, 5.41) is 0.822. The van der Waals surface area contributed by atoms with Gasteiger partial charge in [-0.05, 0) is 42.9 Å². The Morgan fingerprint density at radius 1 is 1.05 bits per heavy atom. The molecule has 0 aromatic heterocycles. The molecule has 19 heavy (non-hydrogen) atoms. The van der Waals surface area contributed by atoms with Crippen LogP contribution in [0.25, 0.3) is 5.03 Å². The van der Waals surface area contributed by atoms with Gasteiger partial charge in [0, 0.05) is 5.56 Å². The summed E-state index contributed by atoms with van der Waals surface area (Å²) in [7, 11) is 0. The smallest absolute Gasteiger partial charge is 0.129 e. The average Bonchev–Trinajstić information content (AvgIpc) is 2.26. The number of hydrogen-bond acceptors (Lipinski definition) is 1. The summed E-state index contributed by atoms with van der Waals surface area (Å²) in [6.07, 6.45) is 4.11. The van der Waals surface area contributed by atoms with Crippen LogP contribution >= 0.6 is 11.6 Å². The summed E-state index contributed by atoms with van der Waals surface area (Å²) < 4.78 is 6.35. The second-order valence-electron chi connectivity index (χ2n) is 6.35. The van der Waals surface area contributed by atoms with Crippen molar-refractivity contribution in [2.45, 2.75) is 46.1 Å². The number of para-hydroxylation sites is 1. The van der Waals surface area contributed by atoms with Crippen molar-refractivity contribution in [3.63, 3.8) is 0 Å². The SMILES string of the molecule is CC(C)CC1(CC(C)C)C=C(Cl)c2ccccc2O1. The first-order chi connectivity index (χ1) is 8.92. The zero-order valence-electron chi connectivity index (χ0n) is 12.2. The summed E-state index contributed by atoms with van der Waals surface area (Å²) in [6, 6.07) is 8.03. The predicted octanol–water partition coefficient (Wildman–Crippen LogP) is 5.49. The Labute approximate surface area is 121 Å². The fourth-order valence-electron chi connectivity index (χ4n) is 2.98. The lowest BCUT2D eigenvalue weighted by Gasteiger charge is -2.38. The van der Waals surface area contributed by atoms with E-state index in [0.717, 1.165) is 29.2 Å². The maximum atomic E-state index is 6.48. The third-order valence-electron chi connectivity index (χ3n) is 3.35. The van der Waals surface area contributed by atoms with Crippen molar-refractivity contribution in [3.8, 4) is 5.75 Å². The van der Waals surface area contributed by atoms with E-state index >= 15 is 0 Å². The number of benzene rings is 1. The predicted molar refractivity (Wildman–Crippen MR) is 82.5 cm³/mol. The minimum Gasteiger partial charge on any atom is -0.482 e. The van der Waals surface area contributed by atoms with Crippen molar-refractivity contribution < 1.29 is 4.74 Å². The molecule has 2 heteroatoms. The van der Waals surface area contributed by atoms with Gasteiger partial charge in [0.05, 0.1) is 5.03 Å². The summed E-state index contributed by atoms with van der Waals surface area (Å²) in [5.74, 6) is 2.06. The molecule has 0 N–H and O–H groups in total. The third kappa shape index (κ3) is 3.33. The lowest BCUT2D eigenvalue weighted by molar-refractivity contribution is 0.0705. The van der Waals surface area contributed by atoms with Gasteiger partial charge in [0.1, 0.15) is 11.4 Å². The first-order valence-electron chi connectivity index (χ1n) is 7.08. The van der Waals surface area contributed by atoms with Crippen LogP contribution in [0.5, 0.6) is 5.75 Å². The molecule has 1 aromatic rings. The van der Waals surface area contributed by atoms with E-state index in [1.54, 1.807) is 0 Å². The van der Waals surface area contributed by atoms with Crippen LogP contribution in [0.4, 0.5) is 0 Å². The molecule has 0 bridgehead atoms. The van der Waals surface area contributed by atoms with E-state index in [4.69, 9.17) is 16.3 Å². The highest BCUT2D eigenvalue weighted by Gasteiger charge is 2.36. The Morgan fingerprint density at radius 2 is 1.63 bits per heavy atom. The molecule has 104 valence electrons. The van der Waals surface area contributed by atoms with E-state index < -0.39 is 0 Å². The van der Waals surface area contributed by atoms with Gasteiger partial charge in [-0.3, -0.25) is 0 Å². The Kier molecular flexibility index (Phi) is 4.25. The van der Waals surface area contributed by atoms with Crippen LogP contribution in [-0.2, 0) is 0 Å². The highest BCUT2D eigenvalue weighted by Crippen LogP contribution is 2.42. The molecular weight excluding hydrogens is 256 g/mol. The largest absolute Gasteiger partial charge is 0.482 e. The van der Waals surface area contributed by atoms with E-state index in [1.165, 1.54) is 0 Å². The van der Waals surface area contributed by atoms with E-state index in [-0.39, 0.29) is 5.60 Å². The van der Waals surface area contributed by atoms with Gasteiger partial charge in [0.15, 0.2) is 0 Å². The Morgan fingerprint density at radius 3 is 2.21 bits per heavy atom. The Balaban J connectivity index is 2.39. The molecule has 0 spiro atoms. The first kappa shape index (κ1) is 14.5. The second-order valence-corrected chi connectivity index (χ2v) is 6.76. The monoisotopic (exact) mass is 278 g/mol. The molecule has 1 nitrogen and oxygen atoms in total. The van der Waals surface area contributed by atoms with E-state index in [9.17, 15) is 0 Å². The van der Waals surface area contributed by atoms with E-state index in [1.807, 2.05) is 24.3 Å². The van der Waals surface area contributed by atoms with Gasteiger partial charge < -0.3 is 4.74 Å². The molecule has 0 radical (unpaired) electrons. The van der Waals surface area contributed by atoms with Gasteiger partial charge >= 0.3 is 0 Å². The molecule has 1 heterocycles. The van der Waals surface area contributed by atoms with Crippen LogP contribution in [0.2, 0.25) is 0 Å². The molecule has 0 unspecified atom stereocenters. The Bertz CT molecular complexity index is 464. The number of rotatable bonds is 4. The van der Waals surface area contributed by atoms with Crippen LogP contribution in [-0.4, -0.2) is 5.60 Å². The fourth-order valence-corrected chi connectivity index (χ4v) is 3.33. The molecule has 0 atom stereocenters. The first-order valence-corrected chi connectivity index (χ1v) is 7.46. The number of ether oxygens (including phenoxy) is 1. The molecule has 0 amide bonds. The van der Waals surface area contributed by atoms with Crippen LogP contribution in [0.15, 0.2) is 30.3 Å². The number of hydrogen-bond donors (Lipinski definition) is 0. The number of fused-ring (bicyclic) bond motifs is 1. The van der Waals surface area contributed by atoms with Crippen LogP contribution in [0.3, 0.4) is 0 Å². The molecule has 0 saturated carbocycles. The van der Waals surface area contributed by atoms with Gasteiger partial charge in [0.25, 0.3) is 0 Å². The van der Waals surface area contributed by atoms with Gasteiger partial charge in [0.2, 0.25) is 0 Å². The van der Waals surface area contributed by atoms with E-state index in [0.29, 0.717) is 11.8 Å². The molecule has 1 aliphatic heterocycles. The van der Waals surface area contributed by atoms with Gasteiger partial charge in [-0.2, -0.15) is 0 Å². The molecule has 0 saturated heterocycles. The molecule has 1 aromatic carbocycles. The lowest BCUT2D eigenvalue weighted by atomic mass is 9.82. The normalized spacial score (nSPS) is 17.1. The maximum Gasteiger partial charge on any atom is 0.129 e. The van der Waals surface area contributed by atoms with Crippen LogP contribution in [0.1, 0.15) is 46.1 Å². The summed E-state index contributed by atoms with van der Waals surface area (Å²) in [6.45, 7) is 8.92. The molecule has 0 fully saturated rings. The van der Waals surface area contributed by atoms with Crippen molar-refractivity contribution in [1.29, 1.82) is 0 Å². The van der Waals surface area contributed by atoms with Gasteiger partial charge in [-0.25, -0.2) is 0 Å². The van der Waals surface area contributed by atoms with Crippen molar-refractivity contribution in [1.82, 2.24) is 0 Å². The van der Waals surface area contributed by atoms with Gasteiger partial charge in [-0.15, -0.1) is 0 Å². The van der Waals surface area contributed by atoms with Gasteiger partial charge in [-0.1, -0.05) is 51.4 Å². The quantitative estimate of drug-likeness (QED) is 0.708. The standard InChI is InChI=1S/C17H23ClO/c1-12(2)9-17(10-13(3)4)11-15(18)14-7-5-6-8-16(14)19-17/h5-8,11-13H,9-10H2,1-4H3. The molecular formula is C17H23ClO. The maximum absolute atomic E-state index is 6.48. The third-order valence-corrected chi connectivity index (χ3v) is 3.67. The molecule has 1 aliphatic rings. The van der Waals surface area contributed by atoms with Crippen LogP contribution < -0.4 is 4.74 Å². The molecule has 0 aliphatic carbocycles. The average molecular weight is 279 g/mol. The number of halogens is 1. The zero-order valence-corrected chi connectivity index (χ0v) is 13.0. The van der Waals surface area contributed by atoms with Crippen molar-refractivity contribution in [3.05, 3.63) is 35.9 Å². The highest BCUT2D eigenvalue weighted by atomic mass is 35.5. The minimum absolute atomic E-state index is 0.256. The lowest BCUT2D eigenvalue weighted by Crippen LogP contribution is -2.39.